The van der Waals surface area contributed by atoms with Crippen molar-refractivity contribution >= 4 is 5.91 Å². The maximum atomic E-state index is 11.9. The summed E-state index contributed by atoms with van der Waals surface area (Å²) in [6, 6.07) is 7.69. The molecule has 0 saturated heterocycles. The molecule has 118 valence electrons. The second-order valence-electron chi connectivity index (χ2n) is 5.02. The van der Waals surface area contributed by atoms with E-state index in [1.807, 2.05) is 31.2 Å². The van der Waals surface area contributed by atoms with Crippen LogP contribution in [0.2, 0.25) is 0 Å². The van der Waals surface area contributed by atoms with Crippen LogP contribution in [0.3, 0.4) is 0 Å². The van der Waals surface area contributed by atoms with E-state index >= 15 is 0 Å². The number of amides is 1. The van der Waals surface area contributed by atoms with E-state index in [-0.39, 0.29) is 24.5 Å². The Hall–Kier alpha value is -2.25. The Morgan fingerprint density at radius 3 is 2.68 bits per heavy atom. The molecule has 7 heteroatoms. The molecule has 3 N–H and O–H groups in total. The van der Waals surface area contributed by atoms with E-state index in [2.05, 4.69) is 15.4 Å². The van der Waals surface area contributed by atoms with E-state index in [4.69, 9.17) is 10.5 Å². The van der Waals surface area contributed by atoms with Crippen LogP contribution in [0.4, 0.5) is 0 Å². The lowest BCUT2D eigenvalue weighted by Crippen LogP contribution is -2.33. The predicted octanol–water partition coefficient (Wildman–Crippen LogP) is 0.808. The first-order valence-corrected chi connectivity index (χ1v) is 7.11. The minimum Gasteiger partial charge on any atom is -0.380 e. The molecule has 1 aromatic carbocycles. The van der Waals surface area contributed by atoms with Gasteiger partial charge in [0.05, 0.1) is 24.3 Å². The zero-order valence-electron chi connectivity index (χ0n) is 12.8. The van der Waals surface area contributed by atoms with Crippen molar-refractivity contribution in [3.05, 3.63) is 42.5 Å². The zero-order valence-corrected chi connectivity index (χ0v) is 12.8. The smallest absolute Gasteiger partial charge is 0.223 e. The lowest BCUT2D eigenvalue weighted by molar-refractivity contribution is -0.124. The normalized spacial score (nSPS) is 13.6. The third-order valence-corrected chi connectivity index (χ3v) is 3.46. The molecule has 0 fully saturated rings. The number of nitrogens with two attached hydrogens (primary N) is 1. The second kappa shape index (κ2) is 7.67. The number of methoxy groups -OCH3 is 1. The van der Waals surface area contributed by atoms with Gasteiger partial charge in [-0.3, -0.25) is 4.79 Å². The Morgan fingerprint density at radius 2 is 2.14 bits per heavy atom. The first-order valence-electron chi connectivity index (χ1n) is 7.11. The number of aromatic nitrogens is 3. The van der Waals surface area contributed by atoms with Crippen LogP contribution >= 0.6 is 0 Å². The van der Waals surface area contributed by atoms with Gasteiger partial charge >= 0.3 is 0 Å². The summed E-state index contributed by atoms with van der Waals surface area (Å²) < 4.78 is 6.79. The fourth-order valence-electron chi connectivity index (χ4n) is 2.11. The Balaban J connectivity index is 1.95. The molecule has 0 spiro atoms. The highest BCUT2D eigenvalue weighted by Crippen LogP contribution is 2.15. The van der Waals surface area contributed by atoms with Gasteiger partial charge in [-0.05, 0) is 24.6 Å². The molecule has 0 radical (unpaired) electrons. The molecule has 0 aliphatic rings. The third-order valence-electron chi connectivity index (χ3n) is 3.46. The van der Waals surface area contributed by atoms with E-state index < -0.39 is 0 Å². The largest absolute Gasteiger partial charge is 0.380 e. The van der Waals surface area contributed by atoms with Gasteiger partial charge in [0.1, 0.15) is 12.7 Å². The van der Waals surface area contributed by atoms with Crippen molar-refractivity contribution in [1.29, 1.82) is 0 Å². The van der Waals surface area contributed by atoms with Gasteiger partial charge in [-0.2, -0.15) is 5.10 Å². The van der Waals surface area contributed by atoms with Crippen LogP contribution in [-0.4, -0.2) is 40.4 Å². The third kappa shape index (κ3) is 4.12. The van der Waals surface area contributed by atoms with Crippen LogP contribution in [0.15, 0.2) is 36.9 Å². The van der Waals surface area contributed by atoms with E-state index in [0.717, 1.165) is 11.3 Å². The average molecular weight is 303 g/mol. The summed E-state index contributed by atoms with van der Waals surface area (Å²) in [5, 5.41) is 7.01. The Labute approximate surface area is 129 Å². The molecule has 0 aliphatic heterocycles. The van der Waals surface area contributed by atoms with Gasteiger partial charge < -0.3 is 15.8 Å². The topological polar surface area (TPSA) is 95.1 Å². The maximum Gasteiger partial charge on any atom is 0.223 e. The highest BCUT2D eigenvalue weighted by molar-refractivity contribution is 5.77. The molecule has 1 amide bonds. The summed E-state index contributed by atoms with van der Waals surface area (Å²) >= 11 is 0. The quantitative estimate of drug-likeness (QED) is 0.789. The Bertz CT molecular complexity index is 578. The molecule has 2 rings (SSSR count). The van der Waals surface area contributed by atoms with Crippen LogP contribution in [0, 0.1) is 0 Å². The van der Waals surface area contributed by atoms with Crippen LogP contribution in [0.25, 0.3) is 5.69 Å². The fourth-order valence-corrected chi connectivity index (χ4v) is 2.11. The molecular weight excluding hydrogens is 282 g/mol. The standard InChI is InChI=1S/C15H21N5O2/c1-11(19-15(21)7-14(8-16)22-2)12-3-5-13(6-4-12)20-10-17-9-18-20/h3-6,9-11,14H,7-8,16H2,1-2H3,(H,19,21). The van der Waals surface area contributed by atoms with Crippen molar-refractivity contribution in [3.8, 4) is 5.69 Å². The Morgan fingerprint density at radius 1 is 1.41 bits per heavy atom. The first-order chi connectivity index (χ1) is 10.6. The predicted molar refractivity (Wildman–Crippen MR) is 82.4 cm³/mol. The van der Waals surface area contributed by atoms with Crippen molar-refractivity contribution in [2.24, 2.45) is 5.73 Å². The van der Waals surface area contributed by atoms with Crippen molar-refractivity contribution in [1.82, 2.24) is 20.1 Å². The van der Waals surface area contributed by atoms with Gasteiger partial charge in [0, 0.05) is 13.7 Å². The number of ether oxygens (including phenoxy) is 1. The van der Waals surface area contributed by atoms with E-state index in [1.165, 1.54) is 6.33 Å². The molecule has 0 saturated carbocycles. The molecule has 0 bridgehead atoms. The maximum absolute atomic E-state index is 11.9. The monoisotopic (exact) mass is 303 g/mol. The molecule has 1 heterocycles. The fraction of sp³-hybridized carbons (Fsp3) is 0.400. The molecule has 22 heavy (non-hydrogen) atoms. The van der Waals surface area contributed by atoms with E-state index in [9.17, 15) is 4.79 Å². The molecule has 2 aromatic rings. The van der Waals surface area contributed by atoms with E-state index in [1.54, 1.807) is 18.1 Å². The van der Waals surface area contributed by atoms with Crippen LogP contribution < -0.4 is 11.1 Å². The Kier molecular flexibility index (Phi) is 5.62. The van der Waals surface area contributed by atoms with Crippen molar-refractivity contribution in [2.75, 3.05) is 13.7 Å². The highest BCUT2D eigenvalue weighted by Gasteiger charge is 2.14. The number of benzene rings is 1. The first kappa shape index (κ1) is 16.1. The van der Waals surface area contributed by atoms with Gasteiger partial charge in [-0.1, -0.05) is 12.1 Å². The number of nitrogens with zero attached hydrogens (tertiary/aromatic N) is 3. The van der Waals surface area contributed by atoms with Gasteiger partial charge in [0.2, 0.25) is 5.91 Å². The molecule has 7 nitrogen and oxygen atoms in total. The minimum atomic E-state index is -0.248. The summed E-state index contributed by atoms with van der Waals surface area (Å²) in [5.41, 5.74) is 7.45. The van der Waals surface area contributed by atoms with E-state index in [0.29, 0.717) is 6.54 Å². The van der Waals surface area contributed by atoms with Crippen molar-refractivity contribution in [3.63, 3.8) is 0 Å². The molecule has 1 aromatic heterocycles. The molecule has 2 unspecified atom stereocenters. The summed E-state index contributed by atoms with van der Waals surface area (Å²) in [5.74, 6) is -0.0786. The van der Waals surface area contributed by atoms with Gasteiger partial charge in [-0.15, -0.1) is 0 Å². The number of hydrogen-bond donors (Lipinski definition) is 2. The minimum absolute atomic E-state index is 0.0786. The number of carbonyl (C=O) groups is 1. The van der Waals surface area contributed by atoms with Crippen molar-refractivity contribution in [2.45, 2.75) is 25.5 Å². The molecule has 0 aliphatic carbocycles. The summed E-state index contributed by atoms with van der Waals surface area (Å²) in [6.07, 6.45) is 3.13. The zero-order chi connectivity index (χ0) is 15.9. The van der Waals surface area contributed by atoms with Crippen molar-refractivity contribution < 1.29 is 9.53 Å². The highest BCUT2D eigenvalue weighted by atomic mass is 16.5. The SMILES string of the molecule is COC(CN)CC(=O)NC(C)c1ccc(-n2cncn2)cc1. The number of carbonyl (C=O) groups excluding carboxylic acids is 1. The summed E-state index contributed by atoms with van der Waals surface area (Å²) in [6.45, 7) is 2.26. The molecular formula is C15H21N5O2. The van der Waals surface area contributed by atoms with Crippen LogP contribution in [0.1, 0.15) is 24.9 Å². The summed E-state index contributed by atoms with van der Waals surface area (Å²) in [7, 11) is 1.55. The van der Waals surface area contributed by atoms with Gasteiger partial charge in [0.25, 0.3) is 0 Å². The van der Waals surface area contributed by atoms with Crippen LogP contribution in [0.5, 0.6) is 0 Å². The lowest BCUT2D eigenvalue weighted by Gasteiger charge is -2.17. The second-order valence-corrected chi connectivity index (χ2v) is 5.02. The van der Waals surface area contributed by atoms with Gasteiger partial charge in [-0.25, -0.2) is 9.67 Å². The number of nitrogens with one attached hydrogen (secondary N) is 1. The van der Waals surface area contributed by atoms with Crippen LogP contribution in [-0.2, 0) is 9.53 Å². The molecule has 2 atom stereocenters. The average Bonchev–Trinajstić information content (AvgIpc) is 3.07. The number of hydrogen-bond acceptors (Lipinski definition) is 5. The summed E-state index contributed by atoms with van der Waals surface area (Å²) in [4.78, 5) is 15.9. The lowest BCUT2D eigenvalue weighted by atomic mass is 10.1. The van der Waals surface area contributed by atoms with Gasteiger partial charge in [0.15, 0.2) is 0 Å². The number of rotatable bonds is 7.